The molecule has 0 spiro atoms. The molecule has 0 saturated heterocycles. The van der Waals surface area contributed by atoms with E-state index in [-0.39, 0.29) is 11.6 Å². The van der Waals surface area contributed by atoms with Crippen LogP contribution in [0.3, 0.4) is 0 Å². The summed E-state index contributed by atoms with van der Waals surface area (Å²) in [6.07, 6.45) is 5.72. The lowest BCUT2D eigenvalue weighted by atomic mass is 9.83. The standard InChI is InChI=1S/C28H20Cl2N2OS2/c1-34-20-11-7-17(8-12-20)26-22-13-9-16-4-2-3-5-21(16)25(22)31-28-32(26)27(33)24(35-28)14-18-6-10-19(29)15-23(18)30/h2-8,10-12,14-15,26H,9,13H2,1H3. The van der Waals surface area contributed by atoms with Crippen molar-refractivity contribution in [2.24, 2.45) is 4.99 Å². The van der Waals surface area contributed by atoms with Gasteiger partial charge in [0.05, 0.1) is 16.3 Å². The van der Waals surface area contributed by atoms with Gasteiger partial charge in [0, 0.05) is 20.5 Å². The second-order valence-corrected chi connectivity index (χ2v) is 11.3. The van der Waals surface area contributed by atoms with Gasteiger partial charge in [-0.15, -0.1) is 11.8 Å². The van der Waals surface area contributed by atoms with Gasteiger partial charge in [-0.1, -0.05) is 77.0 Å². The number of benzene rings is 3. The predicted octanol–water partition coefficient (Wildman–Crippen LogP) is 6.35. The van der Waals surface area contributed by atoms with Crippen LogP contribution >= 0.6 is 46.3 Å². The van der Waals surface area contributed by atoms with Crippen molar-refractivity contribution >= 4 is 58.1 Å². The highest BCUT2D eigenvalue weighted by Crippen LogP contribution is 2.41. The predicted molar refractivity (Wildman–Crippen MR) is 147 cm³/mol. The van der Waals surface area contributed by atoms with E-state index in [4.69, 9.17) is 28.2 Å². The molecule has 1 aliphatic heterocycles. The number of rotatable bonds is 3. The van der Waals surface area contributed by atoms with E-state index < -0.39 is 0 Å². The molecule has 1 atom stereocenters. The molecule has 0 N–H and O–H groups in total. The zero-order valence-corrected chi connectivity index (χ0v) is 21.9. The van der Waals surface area contributed by atoms with Crippen LogP contribution in [0.15, 0.2) is 87.0 Å². The van der Waals surface area contributed by atoms with E-state index in [0.717, 1.165) is 35.2 Å². The minimum atomic E-state index is -0.187. The Hall–Kier alpha value is -2.57. The minimum Gasteiger partial charge on any atom is -0.272 e. The van der Waals surface area contributed by atoms with Crippen LogP contribution in [-0.4, -0.2) is 10.8 Å². The molecule has 7 heteroatoms. The third kappa shape index (κ3) is 4.01. The van der Waals surface area contributed by atoms with Gasteiger partial charge in [-0.3, -0.25) is 9.36 Å². The number of aromatic nitrogens is 1. The summed E-state index contributed by atoms with van der Waals surface area (Å²) in [5.41, 5.74) is 6.48. The smallest absolute Gasteiger partial charge is 0.271 e. The molecule has 1 unspecified atom stereocenters. The summed E-state index contributed by atoms with van der Waals surface area (Å²) >= 11 is 15.6. The molecule has 2 heterocycles. The third-order valence-corrected chi connectivity index (χ3v) is 8.84. The van der Waals surface area contributed by atoms with Crippen LogP contribution in [0.5, 0.6) is 0 Å². The van der Waals surface area contributed by atoms with Gasteiger partial charge in [0.1, 0.15) is 0 Å². The van der Waals surface area contributed by atoms with E-state index in [0.29, 0.717) is 19.4 Å². The molecule has 174 valence electrons. The van der Waals surface area contributed by atoms with Crippen LogP contribution in [0, 0.1) is 0 Å². The molecule has 2 aliphatic rings. The van der Waals surface area contributed by atoms with Crippen molar-refractivity contribution < 1.29 is 0 Å². The number of hydrogen-bond donors (Lipinski definition) is 0. The van der Waals surface area contributed by atoms with Crippen molar-refractivity contribution in [2.45, 2.75) is 23.8 Å². The Morgan fingerprint density at radius 2 is 1.86 bits per heavy atom. The first-order valence-electron chi connectivity index (χ1n) is 11.3. The monoisotopic (exact) mass is 534 g/mol. The number of thioether (sulfide) groups is 1. The molecular formula is C28H20Cl2N2OS2. The summed E-state index contributed by atoms with van der Waals surface area (Å²) in [4.78, 5) is 20.8. The topological polar surface area (TPSA) is 34.4 Å². The number of thiazole rings is 1. The van der Waals surface area contributed by atoms with Gasteiger partial charge in [0.15, 0.2) is 4.80 Å². The number of fused-ring (bicyclic) bond motifs is 3. The molecule has 0 amide bonds. The van der Waals surface area contributed by atoms with Gasteiger partial charge in [-0.25, -0.2) is 4.99 Å². The molecule has 1 aromatic heterocycles. The lowest BCUT2D eigenvalue weighted by molar-refractivity contribution is 0.585. The molecule has 4 aromatic rings. The third-order valence-electron chi connectivity index (χ3n) is 6.55. The average molecular weight is 536 g/mol. The van der Waals surface area contributed by atoms with Gasteiger partial charge in [0.25, 0.3) is 5.56 Å². The Labute approximate surface area is 221 Å². The fourth-order valence-corrected chi connectivity index (χ4v) is 6.73. The average Bonchev–Trinajstić information content (AvgIpc) is 3.19. The Kier molecular flexibility index (Phi) is 5.97. The summed E-state index contributed by atoms with van der Waals surface area (Å²) in [6.45, 7) is 0. The van der Waals surface area contributed by atoms with E-state index in [9.17, 15) is 4.79 Å². The summed E-state index contributed by atoms with van der Waals surface area (Å²) in [6, 6.07) is 22.1. The van der Waals surface area contributed by atoms with Gasteiger partial charge in [0.2, 0.25) is 0 Å². The Morgan fingerprint density at radius 3 is 2.63 bits per heavy atom. The van der Waals surface area contributed by atoms with E-state index in [1.807, 2.05) is 16.7 Å². The second-order valence-electron chi connectivity index (χ2n) is 8.55. The number of aryl methyl sites for hydroxylation is 1. The summed E-state index contributed by atoms with van der Waals surface area (Å²) in [5.74, 6) is 0. The Morgan fingerprint density at radius 1 is 1.06 bits per heavy atom. The highest BCUT2D eigenvalue weighted by atomic mass is 35.5. The molecule has 35 heavy (non-hydrogen) atoms. The van der Waals surface area contributed by atoms with Crippen LogP contribution in [-0.2, 0) is 6.42 Å². The number of allylic oxidation sites excluding steroid dienone is 1. The first-order valence-corrected chi connectivity index (χ1v) is 14.1. The summed E-state index contributed by atoms with van der Waals surface area (Å²) in [7, 11) is 0. The maximum absolute atomic E-state index is 13.8. The first kappa shape index (κ1) is 22.9. The van der Waals surface area contributed by atoms with Crippen molar-refractivity contribution in [3.8, 4) is 0 Å². The van der Waals surface area contributed by atoms with Crippen LogP contribution < -0.4 is 14.9 Å². The van der Waals surface area contributed by atoms with Crippen molar-refractivity contribution in [3.63, 3.8) is 0 Å². The van der Waals surface area contributed by atoms with Crippen LogP contribution in [0.2, 0.25) is 10.0 Å². The van der Waals surface area contributed by atoms with E-state index in [1.165, 1.54) is 27.4 Å². The highest BCUT2D eigenvalue weighted by Gasteiger charge is 2.32. The number of halogens is 2. The molecule has 6 rings (SSSR count). The summed E-state index contributed by atoms with van der Waals surface area (Å²) < 4.78 is 2.47. The van der Waals surface area contributed by atoms with Gasteiger partial charge >= 0.3 is 0 Å². The normalized spacial score (nSPS) is 17.0. The molecule has 0 bridgehead atoms. The van der Waals surface area contributed by atoms with E-state index >= 15 is 0 Å². The van der Waals surface area contributed by atoms with Crippen LogP contribution in [0.1, 0.15) is 34.7 Å². The number of hydrogen-bond acceptors (Lipinski definition) is 4. The van der Waals surface area contributed by atoms with Crippen LogP contribution in [0.25, 0.3) is 11.8 Å². The number of nitrogens with zero attached hydrogens (tertiary/aromatic N) is 2. The Bertz CT molecular complexity index is 1680. The van der Waals surface area contributed by atoms with Gasteiger partial charge < -0.3 is 0 Å². The minimum absolute atomic E-state index is 0.0517. The molecule has 0 fully saturated rings. The largest absolute Gasteiger partial charge is 0.272 e. The van der Waals surface area contributed by atoms with Crippen LogP contribution in [0.4, 0.5) is 0 Å². The molecule has 0 saturated carbocycles. The Balaban J connectivity index is 1.61. The van der Waals surface area contributed by atoms with E-state index in [1.54, 1.807) is 23.9 Å². The molecule has 0 radical (unpaired) electrons. The van der Waals surface area contributed by atoms with Crippen molar-refractivity contribution in [1.82, 2.24) is 4.57 Å². The van der Waals surface area contributed by atoms with Crippen molar-refractivity contribution in [1.29, 1.82) is 0 Å². The van der Waals surface area contributed by atoms with Crippen molar-refractivity contribution in [3.05, 3.63) is 124 Å². The van der Waals surface area contributed by atoms with Gasteiger partial charge in [-0.05, 0) is 71.7 Å². The van der Waals surface area contributed by atoms with Crippen molar-refractivity contribution in [2.75, 3.05) is 6.26 Å². The fourth-order valence-electron chi connectivity index (χ4n) is 4.87. The first-order chi connectivity index (χ1) is 17.0. The lowest BCUT2D eigenvalue weighted by Gasteiger charge is -2.30. The zero-order valence-electron chi connectivity index (χ0n) is 18.8. The summed E-state index contributed by atoms with van der Waals surface area (Å²) in [5, 5.41) is 1.08. The SMILES string of the molecule is CSc1ccc(C2C3=C(N=c4sc(=Cc5ccc(Cl)cc5Cl)c(=O)n42)c2ccccc2CC3)cc1. The molecule has 3 nitrogen and oxygen atoms in total. The fraction of sp³-hybridized carbons (Fsp3) is 0.143. The maximum atomic E-state index is 13.8. The quantitative estimate of drug-likeness (QED) is 0.287. The molecule has 1 aliphatic carbocycles. The second kappa shape index (κ2) is 9.14. The highest BCUT2D eigenvalue weighted by molar-refractivity contribution is 7.98. The maximum Gasteiger partial charge on any atom is 0.271 e. The molecule has 3 aromatic carbocycles. The van der Waals surface area contributed by atoms with E-state index in [2.05, 4.69) is 54.8 Å². The lowest BCUT2D eigenvalue weighted by Crippen LogP contribution is -2.38. The zero-order chi connectivity index (χ0) is 24.1. The van der Waals surface area contributed by atoms with Gasteiger partial charge in [-0.2, -0.15) is 0 Å². The molecular weight excluding hydrogens is 515 g/mol.